The van der Waals surface area contributed by atoms with E-state index < -0.39 is 32.5 Å². The van der Waals surface area contributed by atoms with Crippen molar-refractivity contribution in [2.75, 3.05) is 13.2 Å². The summed E-state index contributed by atoms with van der Waals surface area (Å²) in [5.74, 6) is -0.912. The van der Waals surface area contributed by atoms with Crippen molar-refractivity contribution in [3.8, 4) is 0 Å². The number of hydrogen-bond donors (Lipinski definition) is 2. The average molecular weight is 438 g/mol. The molecule has 1 atom stereocenters. The summed E-state index contributed by atoms with van der Waals surface area (Å²) >= 11 is 0. The Morgan fingerprint density at radius 1 is 0.759 bits per heavy atom. The quantitative estimate of drug-likeness (QED) is 0.170. The minimum Gasteiger partial charge on any atom is -0.462 e. The summed E-state index contributed by atoms with van der Waals surface area (Å²) in [4.78, 5) is 41.5. The minimum atomic E-state index is -4.71. The van der Waals surface area contributed by atoms with Crippen LogP contribution in [0.15, 0.2) is 0 Å². The second kappa shape index (κ2) is 17.9. The Labute approximate surface area is 174 Å². The molecule has 0 aromatic heterocycles. The minimum absolute atomic E-state index is 0.212. The van der Waals surface area contributed by atoms with Gasteiger partial charge in [0.1, 0.15) is 6.61 Å². The Balaban J connectivity index is 4.24. The second-order valence-corrected chi connectivity index (χ2v) is 8.50. The van der Waals surface area contributed by atoms with Crippen LogP contribution in [0.3, 0.4) is 0 Å². The first-order valence-corrected chi connectivity index (χ1v) is 12.4. The van der Waals surface area contributed by atoms with E-state index in [1.807, 2.05) is 0 Å². The van der Waals surface area contributed by atoms with Crippen molar-refractivity contribution >= 4 is 19.8 Å². The molecule has 0 spiro atoms. The zero-order valence-corrected chi connectivity index (χ0v) is 18.9. The molecule has 8 nitrogen and oxygen atoms in total. The van der Waals surface area contributed by atoms with E-state index in [0.717, 1.165) is 57.8 Å². The Morgan fingerprint density at radius 3 is 1.76 bits per heavy atom. The molecule has 29 heavy (non-hydrogen) atoms. The second-order valence-electron chi connectivity index (χ2n) is 7.26. The van der Waals surface area contributed by atoms with Gasteiger partial charge in [0.15, 0.2) is 6.10 Å². The lowest BCUT2D eigenvalue weighted by atomic mass is 10.1. The van der Waals surface area contributed by atoms with Crippen LogP contribution in [0.1, 0.15) is 97.3 Å². The number of phosphoric ester groups is 1. The molecule has 0 heterocycles. The molecule has 0 amide bonds. The molecule has 0 unspecified atom stereocenters. The van der Waals surface area contributed by atoms with Crippen LogP contribution < -0.4 is 0 Å². The standard InChI is InChI=1S/C20H39O8P/c1-3-5-7-9-11-13-15-20(22)28-18(17-27-29(23,24)25)16-26-19(21)14-12-10-8-6-4-2/h18H,3-17H2,1-2H3,(H2,23,24,25)/t18-/m1/s1. The lowest BCUT2D eigenvalue weighted by Crippen LogP contribution is -2.29. The van der Waals surface area contributed by atoms with Gasteiger partial charge in [0.2, 0.25) is 0 Å². The lowest BCUT2D eigenvalue weighted by molar-refractivity contribution is -0.161. The van der Waals surface area contributed by atoms with Crippen molar-refractivity contribution in [2.24, 2.45) is 0 Å². The molecule has 9 heteroatoms. The van der Waals surface area contributed by atoms with E-state index in [-0.39, 0.29) is 19.4 Å². The van der Waals surface area contributed by atoms with Crippen LogP contribution >= 0.6 is 7.82 Å². The highest BCUT2D eigenvalue weighted by Gasteiger charge is 2.22. The summed E-state index contributed by atoms with van der Waals surface area (Å²) in [7, 11) is -4.71. The average Bonchev–Trinajstić information content (AvgIpc) is 2.65. The molecule has 0 aromatic carbocycles. The zero-order valence-electron chi connectivity index (χ0n) is 18.0. The molecular formula is C20H39O8P. The topological polar surface area (TPSA) is 119 Å². The van der Waals surface area contributed by atoms with Gasteiger partial charge < -0.3 is 19.3 Å². The van der Waals surface area contributed by atoms with Crippen molar-refractivity contribution in [1.29, 1.82) is 0 Å². The van der Waals surface area contributed by atoms with Crippen LogP contribution in [0.4, 0.5) is 0 Å². The van der Waals surface area contributed by atoms with Crippen LogP contribution in [0.2, 0.25) is 0 Å². The maximum absolute atomic E-state index is 12.0. The van der Waals surface area contributed by atoms with Gasteiger partial charge in [-0.1, -0.05) is 71.6 Å². The third-order valence-electron chi connectivity index (χ3n) is 4.38. The van der Waals surface area contributed by atoms with Crippen molar-refractivity contribution in [1.82, 2.24) is 0 Å². The predicted molar refractivity (Wildman–Crippen MR) is 110 cm³/mol. The normalized spacial score (nSPS) is 12.6. The number of carbonyl (C=O) groups excluding carboxylic acids is 2. The Hall–Kier alpha value is -0.950. The molecular weight excluding hydrogens is 399 g/mol. The Morgan fingerprint density at radius 2 is 1.24 bits per heavy atom. The highest BCUT2D eigenvalue weighted by molar-refractivity contribution is 7.46. The number of unbranched alkanes of at least 4 members (excludes halogenated alkanes) is 9. The predicted octanol–water partition coefficient (Wildman–Crippen LogP) is 4.66. The number of phosphoric acid groups is 1. The molecule has 0 fully saturated rings. The molecule has 0 rings (SSSR count). The van der Waals surface area contributed by atoms with Gasteiger partial charge in [0, 0.05) is 12.8 Å². The van der Waals surface area contributed by atoms with E-state index in [4.69, 9.17) is 19.3 Å². The Bertz CT molecular complexity index is 477. The smallest absolute Gasteiger partial charge is 0.462 e. The summed E-state index contributed by atoms with van der Waals surface area (Å²) in [5, 5.41) is 0. The summed E-state index contributed by atoms with van der Waals surface area (Å²) in [6, 6.07) is 0. The van der Waals surface area contributed by atoms with Gasteiger partial charge in [-0.3, -0.25) is 14.1 Å². The molecule has 0 radical (unpaired) electrons. The van der Waals surface area contributed by atoms with Gasteiger partial charge in [-0.25, -0.2) is 4.57 Å². The monoisotopic (exact) mass is 438 g/mol. The maximum atomic E-state index is 12.0. The van der Waals surface area contributed by atoms with Gasteiger partial charge in [0.25, 0.3) is 0 Å². The largest absolute Gasteiger partial charge is 0.469 e. The summed E-state index contributed by atoms with van der Waals surface area (Å²) in [5.41, 5.74) is 0. The van der Waals surface area contributed by atoms with E-state index in [2.05, 4.69) is 18.4 Å². The van der Waals surface area contributed by atoms with E-state index in [1.54, 1.807) is 0 Å². The summed E-state index contributed by atoms with van der Waals surface area (Å²) in [6.07, 6.45) is 10.6. The zero-order chi connectivity index (χ0) is 22.0. The van der Waals surface area contributed by atoms with Crippen LogP contribution in [-0.4, -0.2) is 41.0 Å². The van der Waals surface area contributed by atoms with E-state index in [1.165, 1.54) is 6.42 Å². The van der Waals surface area contributed by atoms with Crippen LogP contribution in [-0.2, 0) is 28.2 Å². The van der Waals surface area contributed by atoms with Gasteiger partial charge >= 0.3 is 19.8 Å². The molecule has 0 aromatic rings. The fourth-order valence-corrected chi connectivity index (χ4v) is 3.08. The first kappa shape index (κ1) is 28.1. The highest BCUT2D eigenvalue weighted by Crippen LogP contribution is 2.35. The number of esters is 2. The Kier molecular flexibility index (Phi) is 17.3. The molecule has 0 aliphatic rings. The maximum Gasteiger partial charge on any atom is 0.469 e. The van der Waals surface area contributed by atoms with E-state index in [0.29, 0.717) is 6.42 Å². The molecule has 0 saturated carbocycles. The van der Waals surface area contributed by atoms with E-state index in [9.17, 15) is 14.2 Å². The molecule has 0 aliphatic carbocycles. The molecule has 2 N–H and O–H groups in total. The number of carbonyl (C=O) groups is 2. The van der Waals surface area contributed by atoms with Gasteiger partial charge in [-0.15, -0.1) is 0 Å². The number of rotatable bonds is 19. The van der Waals surface area contributed by atoms with Crippen molar-refractivity contribution in [3.05, 3.63) is 0 Å². The van der Waals surface area contributed by atoms with Crippen molar-refractivity contribution in [2.45, 2.75) is 103 Å². The summed E-state index contributed by atoms with van der Waals surface area (Å²) < 4.78 is 25.6. The molecule has 0 bridgehead atoms. The van der Waals surface area contributed by atoms with Crippen molar-refractivity contribution in [3.63, 3.8) is 0 Å². The van der Waals surface area contributed by atoms with Gasteiger partial charge in [0.05, 0.1) is 6.61 Å². The fraction of sp³-hybridized carbons (Fsp3) is 0.900. The number of ether oxygens (including phenoxy) is 2. The molecule has 0 saturated heterocycles. The first-order valence-electron chi connectivity index (χ1n) is 10.8. The lowest BCUT2D eigenvalue weighted by Gasteiger charge is -2.18. The molecule has 172 valence electrons. The van der Waals surface area contributed by atoms with Gasteiger partial charge in [-0.2, -0.15) is 0 Å². The number of hydrogen-bond acceptors (Lipinski definition) is 6. The SMILES string of the molecule is CCCCCCCCC(=O)O[C@H](COC(=O)CCCCCCC)COP(=O)(O)O. The van der Waals surface area contributed by atoms with Crippen molar-refractivity contribution < 1.29 is 37.9 Å². The van der Waals surface area contributed by atoms with Gasteiger partial charge in [-0.05, 0) is 12.8 Å². The molecule has 0 aliphatic heterocycles. The van der Waals surface area contributed by atoms with Crippen LogP contribution in [0.25, 0.3) is 0 Å². The van der Waals surface area contributed by atoms with Crippen LogP contribution in [0, 0.1) is 0 Å². The third kappa shape index (κ3) is 20.1. The fourth-order valence-electron chi connectivity index (χ4n) is 2.72. The van der Waals surface area contributed by atoms with E-state index >= 15 is 0 Å². The first-order chi connectivity index (χ1) is 13.8. The van der Waals surface area contributed by atoms with Crippen LogP contribution in [0.5, 0.6) is 0 Å². The summed E-state index contributed by atoms with van der Waals surface area (Å²) in [6.45, 7) is 3.44. The third-order valence-corrected chi connectivity index (χ3v) is 4.86. The highest BCUT2D eigenvalue weighted by atomic mass is 31.2.